The van der Waals surface area contributed by atoms with Gasteiger partial charge in [-0.05, 0) is 41.0 Å². The average molecular weight is 362 g/mol. The number of rotatable bonds is 6. The van der Waals surface area contributed by atoms with Gasteiger partial charge in [0.2, 0.25) is 0 Å². The van der Waals surface area contributed by atoms with Crippen molar-refractivity contribution in [3.63, 3.8) is 0 Å². The average Bonchev–Trinajstić information content (AvgIpc) is 2.69. The third-order valence-electron chi connectivity index (χ3n) is 3.89. The Hall–Kier alpha value is -3.73. The first-order chi connectivity index (χ1) is 13.1. The van der Waals surface area contributed by atoms with Crippen LogP contribution in [0.3, 0.4) is 0 Å². The number of ether oxygens (including phenoxy) is 2. The third-order valence-corrected chi connectivity index (χ3v) is 3.89. The molecule has 0 atom stereocenters. The third kappa shape index (κ3) is 4.27. The van der Waals surface area contributed by atoms with E-state index >= 15 is 0 Å². The fourth-order valence-electron chi connectivity index (χ4n) is 2.58. The zero-order chi connectivity index (χ0) is 19.2. The summed E-state index contributed by atoms with van der Waals surface area (Å²) in [7, 11) is 0. The summed E-state index contributed by atoms with van der Waals surface area (Å²) >= 11 is 0. The lowest BCUT2D eigenvalue weighted by atomic mass is 10.00. The van der Waals surface area contributed by atoms with E-state index in [0.29, 0.717) is 23.3 Å². The first-order valence-corrected chi connectivity index (χ1v) is 8.05. The molecule has 0 heterocycles. The Labute approximate surface area is 155 Å². The van der Waals surface area contributed by atoms with Crippen molar-refractivity contribution in [2.45, 2.75) is 0 Å². The topological polar surface area (TPSA) is 52.6 Å². The largest absolute Gasteiger partial charge is 0.429 e. The molecule has 4 nitrogen and oxygen atoms in total. The Balaban J connectivity index is 1.81. The lowest BCUT2D eigenvalue weighted by Crippen LogP contribution is -2.03. The molecule has 5 heteroatoms. The van der Waals surface area contributed by atoms with Crippen LogP contribution in [0.1, 0.15) is 0 Å². The van der Waals surface area contributed by atoms with Crippen LogP contribution < -0.4 is 9.47 Å². The van der Waals surface area contributed by atoms with E-state index < -0.39 is 11.8 Å². The predicted octanol–water partition coefficient (Wildman–Crippen LogP) is 4.79. The maximum atomic E-state index is 14.4. The fraction of sp³-hybridized carbons (Fsp3) is 0. The summed E-state index contributed by atoms with van der Waals surface area (Å²) in [5.41, 5.74) is 2.97. The second-order valence-electron chi connectivity index (χ2n) is 5.58. The Morgan fingerprint density at radius 3 is 1.96 bits per heavy atom. The molecule has 0 saturated heterocycles. The normalized spacial score (nSPS) is 10.1. The minimum Gasteiger partial charge on any atom is -0.429 e. The van der Waals surface area contributed by atoms with Crippen LogP contribution in [0.5, 0.6) is 11.5 Å². The molecule has 27 heavy (non-hydrogen) atoms. The number of esters is 1. The molecule has 3 aromatic carbocycles. The molecule has 3 aromatic rings. The molecule has 0 bridgehead atoms. The van der Waals surface area contributed by atoms with Crippen molar-refractivity contribution in [2.75, 3.05) is 0 Å². The summed E-state index contributed by atoms with van der Waals surface area (Å²) in [6.07, 6.45) is 1.02. The highest BCUT2D eigenvalue weighted by molar-refractivity contribution is 5.83. The lowest BCUT2D eigenvalue weighted by Gasteiger charge is -2.08. The summed E-state index contributed by atoms with van der Waals surface area (Å²) in [6.45, 7) is 3.68. The van der Waals surface area contributed by atoms with Gasteiger partial charge in [0, 0.05) is 17.7 Å². The maximum absolute atomic E-state index is 14.4. The SMILES string of the molecule is C=CC(=O)Oc1ccc(-c2ccc(-c3ccc(OC=O)cc3)cc2)c(F)c1. The molecule has 0 unspecified atom stereocenters. The maximum Gasteiger partial charge on any atom is 0.335 e. The van der Waals surface area contributed by atoms with Crippen molar-refractivity contribution >= 4 is 12.4 Å². The highest BCUT2D eigenvalue weighted by Crippen LogP contribution is 2.29. The van der Waals surface area contributed by atoms with Crippen LogP contribution in [0.25, 0.3) is 22.3 Å². The monoisotopic (exact) mass is 362 g/mol. The fourth-order valence-corrected chi connectivity index (χ4v) is 2.58. The van der Waals surface area contributed by atoms with Gasteiger partial charge in [0.1, 0.15) is 17.3 Å². The Morgan fingerprint density at radius 1 is 0.852 bits per heavy atom. The molecule has 0 aliphatic heterocycles. The summed E-state index contributed by atoms with van der Waals surface area (Å²) in [5.74, 6) is -0.552. The quantitative estimate of drug-likeness (QED) is 0.274. The van der Waals surface area contributed by atoms with Crippen LogP contribution in [0.15, 0.2) is 79.4 Å². The van der Waals surface area contributed by atoms with Gasteiger partial charge in [-0.15, -0.1) is 0 Å². The smallest absolute Gasteiger partial charge is 0.335 e. The molecule has 0 saturated carbocycles. The number of carbonyl (C=O) groups is 2. The second kappa shape index (κ2) is 8.10. The van der Waals surface area contributed by atoms with Crippen LogP contribution in [-0.2, 0) is 9.59 Å². The van der Waals surface area contributed by atoms with E-state index in [2.05, 4.69) is 6.58 Å². The molecule has 0 aliphatic rings. The van der Waals surface area contributed by atoms with Crippen LogP contribution in [0.4, 0.5) is 4.39 Å². The molecular weight excluding hydrogens is 347 g/mol. The number of benzene rings is 3. The minimum absolute atomic E-state index is 0.121. The molecule has 134 valence electrons. The molecule has 3 rings (SSSR count). The molecule has 0 aromatic heterocycles. The van der Waals surface area contributed by atoms with E-state index in [0.717, 1.165) is 23.3 Å². The van der Waals surface area contributed by atoms with E-state index in [9.17, 15) is 14.0 Å². The molecular formula is C22H15FO4. The van der Waals surface area contributed by atoms with Crippen molar-refractivity contribution < 1.29 is 23.5 Å². The van der Waals surface area contributed by atoms with Gasteiger partial charge in [0.25, 0.3) is 6.47 Å². The standard InChI is InChI=1S/C22H15FO4/c1-2-22(25)27-19-11-12-20(21(23)13-19)17-5-3-15(4-6-17)16-7-9-18(10-8-16)26-14-24/h2-14H,1H2. The molecule has 0 amide bonds. The Morgan fingerprint density at radius 2 is 1.41 bits per heavy atom. The highest BCUT2D eigenvalue weighted by atomic mass is 19.1. The van der Waals surface area contributed by atoms with E-state index in [1.54, 1.807) is 30.3 Å². The number of carbonyl (C=O) groups excluding carboxylic acids is 2. The molecule has 0 spiro atoms. The van der Waals surface area contributed by atoms with Crippen molar-refractivity contribution in [2.24, 2.45) is 0 Å². The summed E-state index contributed by atoms with van der Waals surface area (Å²) in [4.78, 5) is 21.5. The van der Waals surface area contributed by atoms with Crippen molar-refractivity contribution in [3.8, 4) is 33.8 Å². The van der Waals surface area contributed by atoms with Gasteiger partial charge in [0.05, 0.1) is 0 Å². The van der Waals surface area contributed by atoms with Crippen molar-refractivity contribution in [1.82, 2.24) is 0 Å². The molecule has 0 fully saturated rings. The zero-order valence-corrected chi connectivity index (χ0v) is 14.2. The van der Waals surface area contributed by atoms with Crippen molar-refractivity contribution in [1.29, 1.82) is 0 Å². The molecule has 0 N–H and O–H groups in total. The van der Waals surface area contributed by atoms with Crippen LogP contribution >= 0.6 is 0 Å². The van der Waals surface area contributed by atoms with Gasteiger partial charge in [0.15, 0.2) is 0 Å². The highest BCUT2D eigenvalue weighted by Gasteiger charge is 2.09. The summed E-state index contributed by atoms with van der Waals surface area (Å²) in [6, 6.07) is 18.6. The van der Waals surface area contributed by atoms with E-state index in [4.69, 9.17) is 9.47 Å². The van der Waals surface area contributed by atoms with Crippen LogP contribution in [-0.4, -0.2) is 12.4 Å². The zero-order valence-electron chi connectivity index (χ0n) is 14.2. The molecule has 0 aliphatic carbocycles. The second-order valence-corrected chi connectivity index (χ2v) is 5.58. The minimum atomic E-state index is -0.643. The van der Waals surface area contributed by atoms with E-state index in [1.165, 1.54) is 6.07 Å². The van der Waals surface area contributed by atoms with Gasteiger partial charge in [-0.25, -0.2) is 9.18 Å². The van der Waals surface area contributed by atoms with E-state index in [1.807, 2.05) is 24.3 Å². The Kier molecular flexibility index (Phi) is 5.42. The summed E-state index contributed by atoms with van der Waals surface area (Å²) < 4.78 is 24.0. The van der Waals surface area contributed by atoms with Crippen LogP contribution in [0, 0.1) is 5.82 Å². The number of hydrogen-bond donors (Lipinski definition) is 0. The first-order valence-electron chi connectivity index (χ1n) is 8.05. The van der Waals surface area contributed by atoms with Crippen molar-refractivity contribution in [3.05, 3.63) is 85.2 Å². The van der Waals surface area contributed by atoms with E-state index in [-0.39, 0.29) is 5.75 Å². The van der Waals surface area contributed by atoms with Crippen LogP contribution in [0.2, 0.25) is 0 Å². The predicted molar refractivity (Wildman–Crippen MR) is 99.8 cm³/mol. The molecule has 0 radical (unpaired) electrons. The van der Waals surface area contributed by atoms with Gasteiger partial charge in [-0.1, -0.05) is 43.0 Å². The first kappa shape index (κ1) is 18.1. The number of halogens is 1. The van der Waals surface area contributed by atoms with Gasteiger partial charge in [-0.3, -0.25) is 4.79 Å². The Bertz CT molecular complexity index is 976. The van der Waals surface area contributed by atoms with Gasteiger partial charge >= 0.3 is 5.97 Å². The van der Waals surface area contributed by atoms with Gasteiger partial charge in [-0.2, -0.15) is 0 Å². The van der Waals surface area contributed by atoms with Gasteiger partial charge < -0.3 is 9.47 Å². The summed E-state index contributed by atoms with van der Waals surface area (Å²) in [5, 5.41) is 0. The number of hydrogen-bond acceptors (Lipinski definition) is 4. The lowest BCUT2D eigenvalue weighted by molar-refractivity contribution is -0.129.